The number of fused-ring (bicyclic) bond motifs is 2. The predicted octanol–water partition coefficient (Wildman–Crippen LogP) is 5.23. The van der Waals surface area contributed by atoms with Gasteiger partial charge in [-0.3, -0.25) is 14.6 Å². The standard InChI is InChI=1S/C36H38N8O2.C7H8O3S/c1-39-31(25-41-17-5-3-7-35(39)41)27-45-33-13-9-29(10-14-33)23-37-43-19-21-44(22-20-43)38-24-30-11-15-34(16-12-30)46-28-32-26-42-18-6-4-8-36(42)40(32)2;1-6-2-4-7(5-3-6)11(8,9)10/h3-18,23-26H,19-22,27-28H2,1-2H3;2-5H,1H3,(H,8,9,10)/q+2;/b37-23+,38-24+;. The third kappa shape index (κ3) is 10.0. The van der Waals surface area contributed by atoms with Crippen molar-refractivity contribution in [3.63, 3.8) is 0 Å². The van der Waals surface area contributed by atoms with Crippen molar-refractivity contribution in [2.75, 3.05) is 26.2 Å². The molecule has 7 aromatic rings. The molecule has 13 nitrogen and oxygen atoms in total. The van der Waals surface area contributed by atoms with Gasteiger partial charge < -0.3 is 9.47 Å². The van der Waals surface area contributed by atoms with Gasteiger partial charge in [-0.1, -0.05) is 29.8 Å². The summed E-state index contributed by atoms with van der Waals surface area (Å²) in [5.74, 6) is 1.67. The maximum atomic E-state index is 10.5. The van der Waals surface area contributed by atoms with Gasteiger partial charge in [0.15, 0.2) is 24.6 Å². The van der Waals surface area contributed by atoms with Crippen molar-refractivity contribution >= 4 is 33.8 Å². The number of ether oxygens (including phenoxy) is 2. The van der Waals surface area contributed by atoms with Crippen LogP contribution in [0, 0.1) is 6.92 Å². The molecule has 0 unspecified atom stereocenters. The van der Waals surface area contributed by atoms with Gasteiger partial charge in [-0.05, 0) is 90.8 Å². The van der Waals surface area contributed by atoms with Crippen LogP contribution < -0.4 is 18.3 Å². The van der Waals surface area contributed by atoms with Crippen LogP contribution in [-0.2, 0) is 37.4 Å². The highest BCUT2D eigenvalue weighted by Gasteiger charge is 2.16. The van der Waals surface area contributed by atoms with Crippen LogP contribution in [-0.4, -0.2) is 70.7 Å². The zero-order valence-corrected chi connectivity index (χ0v) is 33.0. The van der Waals surface area contributed by atoms with Gasteiger partial charge in [-0.25, -0.2) is 17.9 Å². The van der Waals surface area contributed by atoms with Gasteiger partial charge in [0.1, 0.15) is 23.9 Å². The Hall–Kier alpha value is -6.51. The molecule has 1 aliphatic heterocycles. The molecular formula is C43H46N8O5S+2. The fourth-order valence-electron chi connectivity index (χ4n) is 6.28. The summed E-state index contributed by atoms with van der Waals surface area (Å²) in [7, 11) is 0.0969. The molecule has 0 bridgehead atoms. The van der Waals surface area contributed by atoms with E-state index in [1.807, 2.05) is 105 Å². The van der Waals surface area contributed by atoms with Gasteiger partial charge in [0.2, 0.25) is 0 Å². The summed E-state index contributed by atoms with van der Waals surface area (Å²) in [5.41, 5.74) is 7.51. The van der Waals surface area contributed by atoms with Crippen molar-refractivity contribution in [3.8, 4) is 11.5 Å². The largest absolute Gasteiger partial charge is 0.485 e. The van der Waals surface area contributed by atoms with E-state index in [4.69, 9.17) is 24.2 Å². The quantitative estimate of drug-likeness (QED) is 0.108. The molecule has 0 aliphatic carbocycles. The number of nitrogens with zero attached hydrogens (tertiary/aromatic N) is 8. The van der Waals surface area contributed by atoms with Crippen molar-refractivity contribution in [2.45, 2.75) is 25.0 Å². The summed E-state index contributed by atoms with van der Waals surface area (Å²) in [6, 6.07) is 34.4. The van der Waals surface area contributed by atoms with Crippen molar-refractivity contribution < 1.29 is 31.2 Å². The minimum atomic E-state index is -4.02. The molecular weight excluding hydrogens is 741 g/mol. The molecule has 8 rings (SSSR count). The summed E-state index contributed by atoms with van der Waals surface area (Å²) in [6.45, 7) is 6.12. The van der Waals surface area contributed by atoms with Crippen molar-refractivity contribution in [2.24, 2.45) is 24.3 Å². The topological polar surface area (TPSA) is 122 Å². The summed E-state index contributed by atoms with van der Waals surface area (Å²) in [6.07, 6.45) is 12.1. The van der Waals surface area contributed by atoms with Crippen LogP contribution in [0.2, 0.25) is 0 Å². The molecule has 292 valence electrons. The maximum absolute atomic E-state index is 10.5. The van der Waals surface area contributed by atoms with Crippen LogP contribution >= 0.6 is 0 Å². The molecule has 0 amide bonds. The fourth-order valence-corrected chi connectivity index (χ4v) is 6.76. The Balaban J connectivity index is 0.000000391. The van der Waals surface area contributed by atoms with Gasteiger partial charge >= 0.3 is 0 Å². The minimum absolute atomic E-state index is 0.0666. The number of pyridine rings is 2. The summed E-state index contributed by atoms with van der Waals surface area (Å²) in [5, 5.41) is 13.6. The highest BCUT2D eigenvalue weighted by molar-refractivity contribution is 7.85. The number of imidazole rings is 2. The molecule has 4 aromatic heterocycles. The molecule has 1 saturated heterocycles. The number of piperazine rings is 1. The number of hydrazone groups is 2. The van der Waals surface area contributed by atoms with Crippen molar-refractivity contribution in [1.82, 2.24) is 19.2 Å². The van der Waals surface area contributed by atoms with Crippen LogP contribution in [0.4, 0.5) is 0 Å². The van der Waals surface area contributed by atoms with Crippen molar-refractivity contribution in [1.29, 1.82) is 0 Å². The summed E-state index contributed by atoms with van der Waals surface area (Å²) < 4.78 is 50.2. The number of benzene rings is 3. The molecule has 14 heteroatoms. The zero-order chi connectivity index (χ0) is 39.8. The lowest BCUT2D eigenvalue weighted by Gasteiger charge is -2.31. The molecule has 1 aliphatic rings. The number of rotatable bonds is 11. The van der Waals surface area contributed by atoms with Gasteiger partial charge in [-0.2, -0.15) is 18.6 Å². The van der Waals surface area contributed by atoms with E-state index in [9.17, 15) is 8.42 Å². The van der Waals surface area contributed by atoms with Crippen molar-refractivity contribution in [3.05, 3.63) is 162 Å². The predicted molar refractivity (Wildman–Crippen MR) is 218 cm³/mol. The summed E-state index contributed by atoms with van der Waals surface area (Å²) >= 11 is 0. The first kappa shape index (κ1) is 38.8. The number of hydrogen-bond acceptors (Lipinski definition) is 8. The van der Waals surface area contributed by atoms with E-state index < -0.39 is 10.1 Å². The normalized spacial score (nSPS) is 13.4. The molecule has 0 radical (unpaired) electrons. The second-order valence-corrected chi connectivity index (χ2v) is 15.1. The van der Waals surface area contributed by atoms with Gasteiger partial charge in [0, 0.05) is 12.1 Å². The molecule has 0 saturated carbocycles. The SMILES string of the molecule is Cc1ccc(S(=O)(=O)O)cc1.Cn1c(COc2ccc(/C=N/N3CCN(/N=C/c4ccc(OCc5c[n+]6ccccc6n5C)cc4)CC3)cc2)c[n+]2ccccc12. The Bertz CT molecular complexity index is 2450. The van der Waals surface area contributed by atoms with E-state index >= 15 is 0 Å². The molecule has 1 N–H and O–H groups in total. The van der Waals surface area contributed by atoms with E-state index in [-0.39, 0.29) is 4.90 Å². The molecule has 0 atom stereocenters. The third-order valence-electron chi connectivity index (χ3n) is 9.69. The minimum Gasteiger partial charge on any atom is -0.485 e. The Kier molecular flexibility index (Phi) is 11.9. The number of aryl methyl sites for hydroxylation is 3. The first-order chi connectivity index (χ1) is 27.6. The highest BCUT2D eigenvalue weighted by Crippen LogP contribution is 2.16. The van der Waals surface area contributed by atoms with Crippen LogP contribution in [0.25, 0.3) is 11.3 Å². The Morgan fingerprint density at radius 1 is 0.632 bits per heavy atom. The monoisotopic (exact) mass is 786 g/mol. The first-order valence-corrected chi connectivity index (χ1v) is 20.0. The van der Waals surface area contributed by atoms with E-state index in [1.165, 1.54) is 12.1 Å². The molecule has 3 aromatic carbocycles. The average molecular weight is 787 g/mol. The highest BCUT2D eigenvalue weighted by atomic mass is 32.2. The number of hydrogen-bond donors (Lipinski definition) is 1. The van der Waals surface area contributed by atoms with Gasteiger partial charge in [0.25, 0.3) is 21.4 Å². The number of aromatic nitrogens is 4. The lowest BCUT2D eigenvalue weighted by atomic mass is 10.2. The second kappa shape index (κ2) is 17.5. The lowest BCUT2D eigenvalue weighted by molar-refractivity contribution is -0.511. The molecule has 0 spiro atoms. The van der Waals surface area contributed by atoms with Crippen LogP contribution in [0.15, 0.2) is 149 Å². The lowest BCUT2D eigenvalue weighted by Crippen LogP contribution is -2.41. The van der Waals surface area contributed by atoms with E-state index in [1.54, 1.807) is 12.1 Å². The van der Waals surface area contributed by atoms with E-state index in [2.05, 4.69) is 66.6 Å². The first-order valence-electron chi connectivity index (χ1n) is 18.6. The second-order valence-electron chi connectivity index (χ2n) is 13.7. The smallest absolute Gasteiger partial charge is 0.294 e. The summed E-state index contributed by atoms with van der Waals surface area (Å²) in [4.78, 5) is -0.0666. The Morgan fingerprint density at radius 2 is 1.05 bits per heavy atom. The third-order valence-corrected chi connectivity index (χ3v) is 10.6. The van der Waals surface area contributed by atoms with Crippen LogP contribution in [0.1, 0.15) is 28.1 Å². The van der Waals surface area contributed by atoms with Crippen LogP contribution in [0.3, 0.4) is 0 Å². The van der Waals surface area contributed by atoms with E-state index in [0.29, 0.717) is 13.2 Å². The van der Waals surface area contributed by atoms with Crippen LogP contribution in [0.5, 0.6) is 11.5 Å². The maximum Gasteiger partial charge on any atom is 0.294 e. The van der Waals surface area contributed by atoms with Gasteiger partial charge in [0.05, 0.1) is 70.0 Å². The molecule has 5 heterocycles. The fraction of sp³-hybridized carbons (Fsp3) is 0.209. The van der Waals surface area contributed by atoms with Gasteiger partial charge in [-0.15, -0.1) is 0 Å². The Labute approximate surface area is 332 Å². The Morgan fingerprint density at radius 3 is 1.44 bits per heavy atom. The van der Waals surface area contributed by atoms with E-state index in [0.717, 1.165) is 77.1 Å². The average Bonchev–Trinajstić information content (AvgIpc) is 3.73. The molecule has 1 fully saturated rings. The zero-order valence-electron chi connectivity index (χ0n) is 32.2. The molecule has 57 heavy (non-hydrogen) atoms.